The van der Waals surface area contributed by atoms with Crippen molar-refractivity contribution in [1.29, 1.82) is 0 Å². The van der Waals surface area contributed by atoms with Gasteiger partial charge in [0.2, 0.25) is 0 Å². The van der Waals surface area contributed by atoms with Crippen molar-refractivity contribution < 1.29 is 18.7 Å². The predicted octanol–water partition coefficient (Wildman–Crippen LogP) is 6.00. The number of nitrogens with zero attached hydrogens (tertiary/aromatic N) is 1. The molecule has 0 fully saturated rings. The number of aliphatic hydroxyl groups excluding tert-OH is 1. The summed E-state index contributed by atoms with van der Waals surface area (Å²) in [4.78, 5) is 15.4. The second-order valence-corrected chi connectivity index (χ2v) is 12.0. The molecule has 0 heterocycles. The van der Waals surface area contributed by atoms with E-state index < -0.39 is 23.8 Å². The first-order chi connectivity index (χ1) is 20.1. The molecule has 0 aliphatic rings. The minimum absolute atomic E-state index is 0.0300. The third kappa shape index (κ3) is 9.97. The van der Waals surface area contributed by atoms with Gasteiger partial charge in [0.05, 0.1) is 6.10 Å². The zero-order valence-electron chi connectivity index (χ0n) is 23.8. The van der Waals surface area contributed by atoms with Crippen molar-refractivity contribution in [3.63, 3.8) is 0 Å². The highest BCUT2D eigenvalue weighted by Gasteiger charge is 2.21. The molecule has 0 saturated carbocycles. The molecule has 2 unspecified atom stereocenters. The molecule has 0 spiro atoms. The van der Waals surface area contributed by atoms with Crippen molar-refractivity contribution in [2.24, 2.45) is 0 Å². The average molecular weight is 684 g/mol. The lowest BCUT2D eigenvalue weighted by Gasteiger charge is -2.25. The van der Waals surface area contributed by atoms with Gasteiger partial charge in [0, 0.05) is 47.4 Å². The Kier molecular flexibility index (Phi) is 11.6. The Morgan fingerprint density at radius 3 is 2.26 bits per heavy atom. The van der Waals surface area contributed by atoms with Gasteiger partial charge in [-0.2, -0.15) is 0 Å². The maximum atomic E-state index is 13.9. The lowest BCUT2D eigenvalue weighted by atomic mass is 10.00. The van der Waals surface area contributed by atoms with E-state index >= 15 is 0 Å². The summed E-state index contributed by atoms with van der Waals surface area (Å²) >= 11 is 2.23. The number of halogens is 3. The van der Waals surface area contributed by atoms with Crippen molar-refractivity contribution in [2.45, 2.75) is 45.1 Å². The van der Waals surface area contributed by atoms with Gasteiger partial charge < -0.3 is 15.7 Å². The number of amides is 1. The molecule has 4 rings (SSSR count). The Hall–Kier alpha value is -3.18. The van der Waals surface area contributed by atoms with Gasteiger partial charge in [-0.15, -0.1) is 0 Å². The van der Waals surface area contributed by atoms with Gasteiger partial charge in [0.15, 0.2) is 0 Å². The number of hydrogen-bond donors (Lipinski definition) is 3. The highest BCUT2D eigenvalue weighted by molar-refractivity contribution is 14.1. The fourth-order valence-electron chi connectivity index (χ4n) is 5.01. The topological polar surface area (TPSA) is 64.6 Å². The quantitative estimate of drug-likeness (QED) is 0.151. The fourth-order valence-corrected chi connectivity index (χ4v) is 5.62. The second kappa shape index (κ2) is 15.3. The van der Waals surface area contributed by atoms with Crippen LogP contribution in [0.15, 0.2) is 91.0 Å². The van der Waals surface area contributed by atoms with Gasteiger partial charge in [0.25, 0.3) is 5.91 Å². The number of carbonyl (C=O) groups is 1. The molecule has 0 aliphatic carbocycles. The normalized spacial score (nSPS) is 12.7. The molecule has 0 aliphatic heterocycles. The van der Waals surface area contributed by atoms with Gasteiger partial charge in [-0.25, -0.2) is 8.78 Å². The van der Waals surface area contributed by atoms with Gasteiger partial charge in [0.1, 0.15) is 11.6 Å². The van der Waals surface area contributed by atoms with E-state index in [9.17, 15) is 18.7 Å². The number of rotatable bonds is 13. The Bertz CT molecular complexity index is 1460. The molecule has 0 radical (unpaired) electrons. The lowest BCUT2D eigenvalue weighted by molar-refractivity contribution is 0.0874. The SMILES string of the molecule is Cc1cc(CN(C)Cc2ccccc2)cc(C(=O)NCC(O)C(Cc2cc(F)cc(F)c2)NCc2cccc(I)c2)c1. The van der Waals surface area contributed by atoms with Gasteiger partial charge in [-0.1, -0.05) is 54.1 Å². The van der Waals surface area contributed by atoms with Gasteiger partial charge in [-0.3, -0.25) is 9.69 Å². The zero-order chi connectivity index (χ0) is 30.1. The number of hydrogen-bond acceptors (Lipinski definition) is 4. The van der Waals surface area contributed by atoms with Crippen LogP contribution in [0.2, 0.25) is 0 Å². The molecule has 5 nitrogen and oxygen atoms in total. The predicted molar refractivity (Wildman–Crippen MR) is 171 cm³/mol. The van der Waals surface area contributed by atoms with Crippen LogP contribution in [0, 0.1) is 22.1 Å². The van der Waals surface area contributed by atoms with Crippen LogP contribution in [0.1, 0.15) is 38.2 Å². The van der Waals surface area contributed by atoms with E-state index in [2.05, 4.69) is 56.3 Å². The highest BCUT2D eigenvalue weighted by atomic mass is 127. The molecule has 4 aromatic rings. The average Bonchev–Trinajstić information content (AvgIpc) is 2.93. The monoisotopic (exact) mass is 683 g/mol. The molecule has 8 heteroatoms. The van der Waals surface area contributed by atoms with Crippen LogP contribution in [0.4, 0.5) is 8.78 Å². The van der Waals surface area contributed by atoms with E-state index in [1.165, 1.54) is 17.7 Å². The van der Waals surface area contributed by atoms with Crippen molar-refractivity contribution >= 4 is 28.5 Å². The molecular weight excluding hydrogens is 647 g/mol. The molecule has 1 amide bonds. The fraction of sp³-hybridized carbons (Fsp3) is 0.265. The molecule has 0 aromatic heterocycles. The number of carbonyl (C=O) groups excluding carboxylic acids is 1. The summed E-state index contributed by atoms with van der Waals surface area (Å²) in [5.74, 6) is -1.64. The summed E-state index contributed by atoms with van der Waals surface area (Å²) in [6.45, 7) is 3.83. The molecule has 3 N–H and O–H groups in total. The highest BCUT2D eigenvalue weighted by Crippen LogP contribution is 2.16. The first kappa shape index (κ1) is 31.7. The molecular formula is C34H36F2IN3O2. The molecule has 42 heavy (non-hydrogen) atoms. The molecule has 4 aromatic carbocycles. The van der Waals surface area contributed by atoms with Crippen molar-refractivity contribution in [3.05, 3.63) is 140 Å². The second-order valence-electron chi connectivity index (χ2n) is 10.7. The maximum Gasteiger partial charge on any atom is 0.251 e. The Morgan fingerprint density at radius 2 is 1.55 bits per heavy atom. The summed E-state index contributed by atoms with van der Waals surface area (Å²) in [5, 5.41) is 17.3. The van der Waals surface area contributed by atoms with Crippen molar-refractivity contribution in [2.75, 3.05) is 13.6 Å². The summed E-state index contributed by atoms with van der Waals surface area (Å²) < 4.78 is 28.8. The van der Waals surface area contributed by atoms with E-state index in [0.717, 1.165) is 32.9 Å². The number of aliphatic hydroxyl groups is 1. The minimum Gasteiger partial charge on any atom is -0.390 e. The summed E-state index contributed by atoms with van der Waals surface area (Å²) in [5.41, 5.74) is 5.14. The van der Waals surface area contributed by atoms with Crippen LogP contribution < -0.4 is 10.6 Å². The Labute approximate surface area is 260 Å². The van der Waals surface area contributed by atoms with Crippen LogP contribution >= 0.6 is 22.6 Å². The molecule has 0 saturated heterocycles. The van der Waals surface area contributed by atoms with E-state index in [4.69, 9.17) is 0 Å². The van der Waals surface area contributed by atoms with Crippen LogP contribution in [0.3, 0.4) is 0 Å². The van der Waals surface area contributed by atoms with Crippen LogP contribution in [-0.2, 0) is 26.1 Å². The van der Waals surface area contributed by atoms with Gasteiger partial charge >= 0.3 is 0 Å². The largest absolute Gasteiger partial charge is 0.390 e. The van der Waals surface area contributed by atoms with Crippen LogP contribution in [-0.4, -0.2) is 41.7 Å². The number of nitrogens with one attached hydrogen (secondary N) is 2. The van der Waals surface area contributed by atoms with Crippen molar-refractivity contribution in [3.8, 4) is 0 Å². The molecule has 2 atom stereocenters. The molecule has 0 bridgehead atoms. The lowest BCUT2D eigenvalue weighted by Crippen LogP contribution is -2.47. The number of aryl methyl sites for hydroxylation is 1. The van der Waals surface area contributed by atoms with Crippen molar-refractivity contribution in [1.82, 2.24) is 15.5 Å². The number of benzene rings is 4. The first-order valence-electron chi connectivity index (χ1n) is 13.9. The minimum atomic E-state index is -1.01. The van der Waals surface area contributed by atoms with Crippen LogP contribution in [0.5, 0.6) is 0 Å². The Balaban J connectivity index is 1.41. The Morgan fingerprint density at radius 1 is 0.857 bits per heavy atom. The third-order valence-electron chi connectivity index (χ3n) is 6.92. The van der Waals surface area contributed by atoms with Gasteiger partial charge in [-0.05, 0) is 102 Å². The maximum absolute atomic E-state index is 13.9. The molecule has 220 valence electrons. The smallest absolute Gasteiger partial charge is 0.251 e. The summed E-state index contributed by atoms with van der Waals surface area (Å²) in [7, 11) is 2.04. The summed E-state index contributed by atoms with van der Waals surface area (Å²) in [6.07, 6.45) is -0.831. The van der Waals surface area contributed by atoms with E-state index in [0.29, 0.717) is 24.2 Å². The first-order valence-corrected chi connectivity index (χ1v) is 14.9. The van der Waals surface area contributed by atoms with E-state index in [-0.39, 0.29) is 18.9 Å². The van der Waals surface area contributed by atoms with E-state index in [1.54, 1.807) is 0 Å². The third-order valence-corrected chi connectivity index (χ3v) is 7.59. The zero-order valence-corrected chi connectivity index (χ0v) is 25.9. The standard InChI is InChI=1S/C34H36F2IN3O2/c1-23-11-27(22-40(2)21-24-7-4-3-5-8-24)13-28(12-23)34(42)39-20-33(41)32(17-26-14-29(35)18-30(36)15-26)38-19-25-9-6-10-31(37)16-25/h3-16,18,32-33,38,41H,17,19-22H2,1-2H3,(H,39,42). The summed E-state index contributed by atoms with van der Waals surface area (Å²) in [6, 6.07) is 26.7. The van der Waals surface area contributed by atoms with E-state index in [1.807, 2.05) is 68.6 Å². The van der Waals surface area contributed by atoms with Crippen LogP contribution in [0.25, 0.3) is 0 Å².